The zero-order chi connectivity index (χ0) is 8.48. The van der Waals surface area contributed by atoms with Gasteiger partial charge >= 0.3 is 0 Å². The van der Waals surface area contributed by atoms with E-state index in [0.29, 0.717) is 13.1 Å². The second kappa shape index (κ2) is 3.06. The molecule has 1 aliphatic rings. The molecule has 5 nitrogen and oxygen atoms in total. The Bertz CT molecular complexity index is 220. The molecule has 1 rings (SSSR count). The average molecular weight is 180 g/mol. The number of hydrogen-bond acceptors (Lipinski definition) is 3. The highest BCUT2D eigenvalue weighted by molar-refractivity contribution is 7.87. The van der Waals surface area contributed by atoms with Crippen molar-refractivity contribution in [3.63, 3.8) is 0 Å². The summed E-state index contributed by atoms with van der Waals surface area (Å²) in [4.78, 5) is 0. The van der Waals surface area contributed by atoms with Crippen LogP contribution in [-0.2, 0) is 10.2 Å². The van der Waals surface area contributed by atoms with Crippen LogP contribution < -0.4 is 4.72 Å². The summed E-state index contributed by atoms with van der Waals surface area (Å²) in [5.41, 5.74) is 0. The van der Waals surface area contributed by atoms with Crippen molar-refractivity contribution in [2.45, 2.75) is 13.0 Å². The second-order valence-corrected chi connectivity index (χ2v) is 4.36. The highest BCUT2D eigenvalue weighted by Gasteiger charge is 2.31. The topological polar surface area (TPSA) is 69.4 Å². The average Bonchev–Trinajstić information content (AvgIpc) is 2.64. The Balaban J connectivity index is 2.35. The van der Waals surface area contributed by atoms with Crippen LogP contribution in [0.3, 0.4) is 0 Å². The molecule has 11 heavy (non-hydrogen) atoms. The number of hydrogen-bond donors (Lipinski definition) is 2. The van der Waals surface area contributed by atoms with Gasteiger partial charge in [0.1, 0.15) is 0 Å². The molecule has 1 heterocycles. The zero-order valence-corrected chi connectivity index (χ0v) is 7.13. The van der Waals surface area contributed by atoms with Crippen molar-refractivity contribution in [3.8, 4) is 0 Å². The first-order valence-corrected chi connectivity index (χ1v) is 4.89. The molecule has 1 aliphatic heterocycles. The molecule has 0 aromatic rings. The predicted molar refractivity (Wildman–Crippen MR) is 40.2 cm³/mol. The standard InChI is InChI=1S/C5H12N2O3S/c1-5(8)4-6-11(9,10)7-2-3-7/h5-6,8H,2-4H2,1H3. The van der Waals surface area contributed by atoms with Gasteiger partial charge in [-0.15, -0.1) is 0 Å². The van der Waals surface area contributed by atoms with Gasteiger partial charge in [0, 0.05) is 19.6 Å². The van der Waals surface area contributed by atoms with E-state index < -0.39 is 16.3 Å². The molecule has 0 aromatic heterocycles. The van der Waals surface area contributed by atoms with Crippen LogP contribution in [0, 0.1) is 0 Å². The minimum absolute atomic E-state index is 0.0822. The molecule has 1 unspecified atom stereocenters. The normalized spacial score (nSPS) is 21.6. The molecule has 1 fully saturated rings. The van der Waals surface area contributed by atoms with Crippen LogP contribution in [0.25, 0.3) is 0 Å². The molecule has 6 heteroatoms. The van der Waals surface area contributed by atoms with Crippen molar-refractivity contribution in [1.82, 2.24) is 9.03 Å². The van der Waals surface area contributed by atoms with E-state index in [-0.39, 0.29) is 6.54 Å². The fourth-order valence-electron chi connectivity index (χ4n) is 0.598. The van der Waals surface area contributed by atoms with Crippen molar-refractivity contribution in [2.75, 3.05) is 19.6 Å². The van der Waals surface area contributed by atoms with Crippen molar-refractivity contribution >= 4 is 10.2 Å². The van der Waals surface area contributed by atoms with Gasteiger partial charge in [-0.1, -0.05) is 0 Å². The maximum Gasteiger partial charge on any atom is 0.279 e. The van der Waals surface area contributed by atoms with Gasteiger partial charge in [0.05, 0.1) is 6.10 Å². The number of nitrogens with one attached hydrogen (secondary N) is 1. The molecule has 0 radical (unpaired) electrons. The van der Waals surface area contributed by atoms with E-state index in [2.05, 4.69) is 4.72 Å². The second-order valence-electron chi connectivity index (χ2n) is 2.60. The molecule has 1 saturated heterocycles. The van der Waals surface area contributed by atoms with Crippen LogP contribution in [-0.4, -0.2) is 43.6 Å². The smallest absolute Gasteiger partial charge is 0.279 e. The summed E-state index contributed by atoms with van der Waals surface area (Å²) in [6.07, 6.45) is -0.635. The van der Waals surface area contributed by atoms with Gasteiger partial charge < -0.3 is 5.11 Å². The van der Waals surface area contributed by atoms with Crippen LogP contribution in [0.1, 0.15) is 6.92 Å². The first-order chi connectivity index (χ1) is 5.02. The summed E-state index contributed by atoms with van der Waals surface area (Å²) in [6, 6.07) is 0. The molecule has 0 amide bonds. The first kappa shape index (κ1) is 8.92. The van der Waals surface area contributed by atoms with E-state index in [0.717, 1.165) is 0 Å². The van der Waals surface area contributed by atoms with E-state index in [1.54, 1.807) is 0 Å². The SMILES string of the molecule is CC(O)CNS(=O)(=O)N1CC1. The van der Waals surface area contributed by atoms with E-state index in [9.17, 15) is 8.42 Å². The van der Waals surface area contributed by atoms with Crippen LogP contribution in [0.15, 0.2) is 0 Å². The van der Waals surface area contributed by atoms with Crippen molar-refractivity contribution in [2.24, 2.45) is 0 Å². The van der Waals surface area contributed by atoms with Gasteiger partial charge in [-0.2, -0.15) is 17.4 Å². The van der Waals surface area contributed by atoms with Gasteiger partial charge in [0.15, 0.2) is 0 Å². The molecule has 0 aliphatic carbocycles. The molecule has 0 spiro atoms. The highest BCUT2D eigenvalue weighted by Crippen LogP contribution is 2.08. The Hall–Kier alpha value is -0.170. The number of rotatable bonds is 4. The molecule has 0 bridgehead atoms. The fraction of sp³-hybridized carbons (Fsp3) is 1.00. The summed E-state index contributed by atoms with van der Waals surface area (Å²) < 4.78 is 25.6. The Labute approximate surface area is 66.2 Å². The lowest BCUT2D eigenvalue weighted by atomic mass is 10.4. The fourth-order valence-corrected chi connectivity index (χ4v) is 1.80. The zero-order valence-electron chi connectivity index (χ0n) is 6.32. The predicted octanol–water partition coefficient (Wildman–Crippen LogP) is -1.48. The van der Waals surface area contributed by atoms with Crippen LogP contribution >= 0.6 is 0 Å². The van der Waals surface area contributed by atoms with Gasteiger partial charge in [-0.3, -0.25) is 0 Å². The van der Waals surface area contributed by atoms with E-state index in [4.69, 9.17) is 5.11 Å². The maximum atomic E-state index is 11.0. The largest absolute Gasteiger partial charge is 0.392 e. The Morgan fingerprint density at radius 1 is 1.64 bits per heavy atom. The number of aliphatic hydroxyl groups excluding tert-OH is 1. The molecule has 0 saturated carbocycles. The lowest BCUT2D eigenvalue weighted by Crippen LogP contribution is -2.34. The summed E-state index contributed by atoms with van der Waals surface area (Å²) in [6.45, 7) is 2.80. The molecular weight excluding hydrogens is 168 g/mol. The molecule has 1 atom stereocenters. The van der Waals surface area contributed by atoms with Crippen LogP contribution in [0.2, 0.25) is 0 Å². The van der Waals surface area contributed by atoms with Gasteiger partial charge in [0.2, 0.25) is 0 Å². The quantitative estimate of drug-likeness (QED) is 0.518. The first-order valence-electron chi connectivity index (χ1n) is 3.45. The number of nitrogens with zero attached hydrogens (tertiary/aromatic N) is 1. The summed E-state index contributed by atoms with van der Waals surface area (Å²) in [7, 11) is -3.26. The van der Waals surface area contributed by atoms with Crippen molar-refractivity contribution in [1.29, 1.82) is 0 Å². The van der Waals surface area contributed by atoms with Gasteiger partial charge in [-0.05, 0) is 6.92 Å². The van der Waals surface area contributed by atoms with Crippen molar-refractivity contribution in [3.05, 3.63) is 0 Å². The van der Waals surface area contributed by atoms with Crippen LogP contribution in [0.4, 0.5) is 0 Å². The molecule has 0 aromatic carbocycles. The monoisotopic (exact) mass is 180 g/mol. The summed E-state index contributed by atoms with van der Waals surface area (Å²) in [5, 5.41) is 8.77. The van der Waals surface area contributed by atoms with Gasteiger partial charge in [0.25, 0.3) is 10.2 Å². The van der Waals surface area contributed by atoms with Crippen LogP contribution in [0.5, 0.6) is 0 Å². The minimum atomic E-state index is -3.26. The van der Waals surface area contributed by atoms with Gasteiger partial charge in [-0.25, -0.2) is 0 Å². The third-order valence-corrected chi connectivity index (χ3v) is 2.88. The lowest BCUT2D eigenvalue weighted by Gasteiger charge is -2.07. The molecule has 66 valence electrons. The molecule has 2 N–H and O–H groups in total. The Morgan fingerprint density at radius 2 is 2.18 bits per heavy atom. The maximum absolute atomic E-state index is 11.0. The van der Waals surface area contributed by atoms with E-state index in [1.807, 2.05) is 0 Å². The van der Waals surface area contributed by atoms with E-state index >= 15 is 0 Å². The lowest BCUT2D eigenvalue weighted by molar-refractivity contribution is 0.198. The summed E-state index contributed by atoms with van der Waals surface area (Å²) in [5.74, 6) is 0. The summed E-state index contributed by atoms with van der Waals surface area (Å²) >= 11 is 0. The van der Waals surface area contributed by atoms with Crippen molar-refractivity contribution < 1.29 is 13.5 Å². The Kier molecular flexibility index (Phi) is 2.48. The van der Waals surface area contributed by atoms with E-state index in [1.165, 1.54) is 11.2 Å². The third kappa shape index (κ3) is 2.74. The Morgan fingerprint density at radius 3 is 2.55 bits per heavy atom. The minimum Gasteiger partial charge on any atom is -0.392 e. The number of aliphatic hydroxyl groups is 1. The highest BCUT2D eigenvalue weighted by atomic mass is 32.2. The third-order valence-electron chi connectivity index (χ3n) is 1.31. The molecular formula is C5H12N2O3S.